The second kappa shape index (κ2) is 7.58. The molecule has 6 N–H and O–H groups in total. The summed E-state index contributed by atoms with van der Waals surface area (Å²) in [5.41, 5.74) is 5.09. The minimum Gasteiger partial charge on any atom is -0.481 e. The van der Waals surface area contributed by atoms with E-state index in [-0.39, 0.29) is 25.8 Å². The lowest BCUT2D eigenvalue weighted by molar-refractivity contribution is -0.143. The first-order valence-corrected chi connectivity index (χ1v) is 4.99. The maximum absolute atomic E-state index is 11.2. The second-order valence-electron chi connectivity index (χ2n) is 3.48. The number of carboxylic acid groups (broad SMARTS) is 2. The molecule has 8 heteroatoms. The average molecular weight is 248 g/mol. The van der Waals surface area contributed by atoms with Crippen LogP contribution < -0.4 is 11.1 Å². The molecule has 17 heavy (non-hydrogen) atoms. The lowest BCUT2D eigenvalue weighted by Crippen LogP contribution is -2.42. The molecule has 0 aromatic carbocycles. The van der Waals surface area contributed by atoms with Crippen LogP contribution in [0.5, 0.6) is 0 Å². The minimum absolute atomic E-state index is 0.111. The molecule has 0 radical (unpaired) electrons. The van der Waals surface area contributed by atoms with E-state index in [1.165, 1.54) is 0 Å². The maximum Gasteiger partial charge on any atom is 0.326 e. The SMILES string of the molecule is NCC(O)CC(=O)NC(CCC(=O)O)C(=O)O. The normalized spacial score (nSPS) is 13.8. The van der Waals surface area contributed by atoms with Gasteiger partial charge in [0.25, 0.3) is 0 Å². The van der Waals surface area contributed by atoms with Gasteiger partial charge in [-0.1, -0.05) is 0 Å². The smallest absolute Gasteiger partial charge is 0.326 e. The van der Waals surface area contributed by atoms with E-state index < -0.39 is 30.0 Å². The van der Waals surface area contributed by atoms with Gasteiger partial charge in [0.1, 0.15) is 6.04 Å². The monoisotopic (exact) mass is 248 g/mol. The van der Waals surface area contributed by atoms with Crippen LogP contribution in [0.2, 0.25) is 0 Å². The molecule has 0 aliphatic rings. The van der Waals surface area contributed by atoms with Crippen molar-refractivity contribution in [3.05, 3.63) is 0 Å². The number of hydrogen-bond donors (Lipinski definition) is 5. The molecule has 0 aromatic heterocycles. The molecule has 1 amide bonds. The fourth-order valence-corrected chi connectivity index (χ4v) is 1.08. The predicted octanol–water partition coefficient (Wildman–Crippen LogP) is -1.87. The zero-order valence-corrected chi connectivity index (χ0v) is 9.13. The summed E-state index contributed by atoms with van der Waals surface area (Å²) < 4.78 is 0. The summed E-state index contributed by atoms with van der Waals surface area (Å²) in [4.78, 5) is 32.2. The Bertz CT molecular complexity index is 293. The molecule has 2 atom stereocenters. The Hall–Kier alpha value is -1.67. The van der Waals surface area contributed by atoms with E-state index in [1.54, 1.807) is 0 Å². The van der Waals surface area contributed by atoms with E-state index in [2.05, 4.69) is 5.32 Å². The summed E-state index contributed by atoms with van der Waals surface area (Å²) in [5.74, 6) is -3.14. The number of nitrogens with two attached hydrogens (primary N) is 1. The van der Waals surface area contributed by atoms with Crippen LogP contribution in [0.3, 0.4) is 0 Å². The highest BCUT2D eigenvalue weighted by molar-refractivity contribution is 5.84. The van der Waals surface area contributed by atoms with Crippen LogP contribution in [-0.4, -0.2) is 51.9 Å². The first-order valence-electron chi connectivity index (χ1n) is 4.99. The molecule has 98 valence electrons. The van der Waals surface area contributed by atoms with E-state index in [4.69, 9.17) is 21.1 Å². The fourth-order valence-electron chi connectivity index (χ4n) is 1.08. The van der Waals surface area contributed by atoms with Gasteiger partial charge in [-0.25, -0.2) is 4.79 Å². The number of rotatable bonds is 8. The predicted molar refractivity (Wildman–Crippen MR) is 56.1 cm³/mol. The first-order chi connectivity index (χ1) is 7.86. The Balaban J connectivity index is 4.20. The van der Waals surface area contributed by atoms with E-state index >= 15 is 0 Å². The Labute approximate surface area is 97.4 Å². The third kappa shape index (κ3) is 7.25. The van der Waals surface area contributed by atoms with Gasteiger partial charge in [-0.05, 0) is 6.42 Å². The summed E-state index contributed by atoms with van der Waals surface area (Å²) in [7, 11) is 0. The number of aliphatic hydroxyl groups is 1. The van der Waals surface area contributed by atoms with Crippen molar-refractivity contribution >= 4 is 17.8 Å². The van der Waals surface area contributed by atoms with Crippen molar-refractivity contribution in [3.63, 3.8) is 0 Å². The van der Waals surface area contributed by atoms with E-state index in [0.29, 0.717) is 0 Å². The molecule has 0 saturated heterocycles. The van der Waals surface area contributed by atoms with Crippen molar-refractivity contribution < 1.29 is 29.7 Å². The second-order valence-corrected chi connectivity index (χ2v) is 3.48. The lowest BCUT2D eigenvalue weighted by Gasteiger charge is -2.14. The quantitative estimate of drug-likeness (QED) is 0.337. The van der Waals surface area contributed by atoms with Gasteiger partial charge in [0, 0.05) is 13.0 Å². The molecule has 8 nitrogen and oxygen atoms in total. The van der Waals surface area contributed by atoms with Crippen molar-refractivity contribution in [1.82, 2.24) is 5.32 Å². The fraction of sp³-hybridized carbons (Fsp3) is 0.667. The molecule has 0 heterocycles. The van der Waals surface area contributed by atoms with Crippen LogP contribution in [0, 0.1) is 0 Å². The molecule has 0 bridgehead atoms. The summed E-state index contributed by atoms with van der Waals surface area (Å²) in [6, 6.07) is -1.27. The Kier molecular flexibility index (Phi) is 6.83. The zero-order valence-electron chi connectivity index (χ0n) is 9.13. The summed E-state index contributed by atoms with van der Waals surface area (Å²) >= 11 is 0. The van der Waals surface area contributed by atoms with Gasteiger partial charge in [-0.15, -0.1) is 0 Å². The number of aliphatic carboxylic acids is 2. The number of carboxylic acids is 2. The van der Waals surface area contributed by atoms with Crippen LogP contribution in [-0.2, 0) is 14.4 Å². The number of nitrogens with one attached hydrogen (secondary N) is 1. The number of amides is 1. The van der Waals surface area contributed by atoms with E-state index in [9.17, 15) is 14.4 Å². The first kappa shape index (κ1) is 15.3. The van der Waals surface area contributed by atoms with Crippen molar-refractivity contribution in [2.24, 2.45) is 5.73 Å². The molecular weight excluding hydrogens is 232 g/mol. The minimum atomic E-state index is -1.32. The summed E-state index contributed by atoms with van der Waals surface area (Å²) in [6.07, 6.45) is -1.93. The Morgan fingerprint density at radius 1 is 1.24 bits per heavy atom. The molecule has 0 spiro atoms. The van der Waals surface area contributed by atoms with Crippen LogP contribution >= 0.6 is 0 Å². The van der Waals surface area contributed by atoms with Gasteiger partial charge >= 0.3 is 11.9 Å². The summed E-state index contributed by atoms with van der Waals surface area (Å²) in [5, 5.41) is 28.3. The molecule has 0 fully saturated rings. The molecule has 0 aromatic rings. The molecule has 2 unspecified atom stereocenters. The van der Waals surface area contributed by atoms with Gasteiger partial charge in [0.15, 0.2) is 0 Å². The molecule has 0 aliphatic carbocycles. The third-order valence-electron chi connectivity index (χ3n) is 1.97. The van der Waals surface area contributed by atoms with Crippen LogP contribution in [0.25, 0.3) is 0 Å². The highest BCUT2D eigenvalue weighted by Crippen LogP contribution is 1.99. The standard InChI is InChI=1S/C9H16N2O6/c10-4-5(12)3-7(13)11-6(9(16)17)1-2-8(14)15/h5-6,12H,1-4,10H2,(H,11,13)(H,14,15)(H,16,17). The average Bonchev–Trinajstić information content (AvgIpc) is 2.23. The zero-order chi connectivity index (χ0) is 13.4. The largest absolute Gasteiger partial charge is 0.481 e. The number of hydrogen-bond acceptors (Lipinski definition) is 5. The molecule has 0 aliphatic heterocycles. The van der Waals surface area contributed by atoms with Gasteiger partial charge in [-0.2, -0.15) is 0 Å². The van der Waals surface area contributed by atoms with E-state index in [1.807, 2.05) is 0 Å². The molecular formula is C9H16N2O6. The molecule has 0 rings (SSSR count). The highest BCUT2D eigenvalue weighted by atomic mass is 16.4. The van der Waals surface area contributed by atoms with Gasteiger partial charge in [0.2, 0.25) is 5.91 Å². The number of carbonyl (C=O) groups excluding carboxylic acids is 1. The number of aliphatic hydroxyl groups excluding tert-OH is 1. The Morgan fingerprint density at radius 2 is 1.82 bits per heavy atom. The topological polar surface area (TPSA) is 150 Å². The number of carbonyl (C=O) groups is 3. The van der Waals surface area contributed by atoms with Crippen LogP contribution in [0.4, 0.5) is 0 Å². The van der Waals surface area contributed by atoms with Crippen LogP contribution in [0.1, 0.15) is 19.3 Å². The van der Waals surface area contributed by atoms with Crippen molar-refractivity contribution in [2.45, 2.75) is 31.4 Å². The molecule has 0 saturated carbocycles. The highest BCUT2D eigenvalue weighted by Gasteiger charge is 2.21. The van der Waals surface area contributed by atoms with Gasteiger partial charge < -0.3 is 26.4 Å². The summed E-state index contributed by atoms with van der Waals surface area (Å²) in [6.45, 7) is -0.111. The maximum atomic E-state index is 11.2. The third-order valence-corrected chi connectivity index (χ3v) is 1.97. The van der Waals surface area contributed by atoms with Crippen molar-refractivity contribution in [1.29, 1.82) is 0 Å². The van der Waals surface area contributed by atoms with Gasteiger partial charge in [0.05, 0.1) is 12.5 Å². The van der Waals surface area contributed by atoms with Gasteiger partial charge in [-0.3, -0.25) is 9.59 Å². The lowest BCUT2D eigenvalue weighted by atomic mass is 10.1. The van der Waals surface area contributed by atoms with Crippen molar-refractivity contribution in [3.8, 4) is 0 Å². The van der Waals surface area contributed by atoms with Crippen molar-refractivity contribution in [2.75, 3.05) is 6.54 Å². The van der Waals surface area contributed by atoms with Crippen LogP contribution in [0.15, 0.2) is 0 Å². The van der Waals surface area contributed by atoms with E-state index in [0.717, 1.165) is 0 Å². The Morgan fingerprint density at radius 3 is 2.24 bits per heavy atom.